The summed E-state index contributed by atoms with van der Waals surface area (Å²) in [7, 11) is 0. The van der Waals surface area contributed by atoms with Gasteiger partial charge in [-0.3, -0.25) is 0 Å². The first-order chi connectivity index (χ1) is 4.34. The number of hydrogen-bond acceptors (Lipinski definition) is 5. The number of tetrazole rings is 1. The highest BCUT2D eigenvalue weighted by atomic mass is 32.1. The lowest BCUT2D eigenvalue weighted by Crippen LogP contribution is -2.14. The predicted octanol–water partition coefficient (Wildman–Crippen LogP) is -1.19. The van der Waals surface area contributed by atoms with E-state index >= 15 is 0 Å². The fourth-order valence-electron chi connectivity index (χ4n) is 0.393. The Morgan fingerprint density at radius 2 is 2.56 bits per heavy atom. The Labute approximate surface area is 56.8 Å². The molecule has 0 amide bonds. The van der Waals surface area contributed by atoms with Gasteiger partial charge in [0.15, 0.2) is 5.82 Å². The van der Waals surface area contributed by atoms with E-state index in [2.05, 4.69) is 33.1 Å². The molecule has 1 radical (unpaired) electrons. The minimum atomic E-state index is 0.402. The largest absolute Gasteiger partial charge is 0.320 e. The quantitative estimate of drug-likeness (QED) is 0.415. The van der Waals surface area contributed by atoms with Crippen LogP contribution in [0.2, 0.25) is 0 Å². The zero-order valence-electron chi connectivity index (χ0n) is 4.48. The van der Waals surface area contributed by atoms with E-state index in [-0.39, 0.29) is 0 Å². The second-order valence-corrected chi connectivity index (χ2v) is 1.65. The van der Waals surface area contributed by atoms with Crippen LogP contribution >= 0.6 is 12.2 Å². The molecule has 0 aliphatic carbocycles. The van der Waals surface area contributed by atoms with E-state index in [9.17, 15) is 0 Å². The molecule has 47 valence electrons. The van der Waals surface area contributed by atoms with E-state index in [1.165, 1.54) is 0 Å². The van der Waals surface area contributed by atoms with Gasteiger partial charge in [0, 0.05) is 11.8 Å². The fraction of sp³-hybridized carbons (Fsp3) is 0.333. The summed E-state index contributed by atoms with van der Waals surface area (Å²) < 4.78 is 0. The number of nitrogens with two attached hydrogens (primary N) is 1. The highest BCUT2D eigenvalue weighted by Gasteiger charge is 1.97. The van der Waals surface area contributed by atoms with Gasteiger partial charge in [0.1, 0.15) is 0 Å². The molecule has 1 aromatic heterocycles. The van der Waals surface area contributed by atoms with Crippen molar-refractivity contribution in [2.24, 2.45) is 0 Å². The summed E-state index contributed by atoms with van der Waals surface area (Å²) in [5.74, 6) is 5.74. The average Bonchev–Trinajstić information content (AvgIpc) is 2.18. The lowest BCUT2D eigenvalue weighted by Gasteiger charge is -1.88. The number of hydrogen-bond donors (Lipinski definition) is 1. The molecular formula is C3H4N5S. The molecule has 0 spiro atoms. The summed E-state index contributed by atoms with van der Waals surface area (Å²) in [6.45, 7) is 0. The van der Waals surface area contributed by atoms with Crippen LogP contribution in [0, 0.1) is 0 Å². The maximum absolute atomic E-state index is 5.22. The van der Waals surface area contributed by atoms with Crippen molar-refractivity contribution >= 4 is 17.6 Å². The van der Waals surface area contributed by atoms with Crippen LogP contribution in [0.1, 0.15) is 5.82 Å². The van der Waals surface area contributed by atoms with Gasteiger partial charge in [-0.1, -0.05) is 12.2 Å². The van der Waals surface area contributed by atoms with Crippen LogP contribution < -0.4 is 5.84 Å². The second-order valence-electron chi connectivity index (χ2n) is 1.36. The average molecular weight is 142 g/mol. The molecule has 0 bridgehead atoms. The van der Waals surface area contributed by atoms with Crippen molar-refractivity contribution in [1.29, 1.82) is 0 Å². The van der Waals surface area contributed by atoms with Gasteiger partial charge in [-0.05, 0) is 10.4 Å². The number of aromatic nitrogens is 4. The molecule has 0 atom stereocenters. The van der Waals surface area contributed by atoms with E-state index in [4.69, 9.17) is 5.84 Å². The molecule has 0 aliphatic rings. The summed E-state index contributed by atoms with van der Waals surface area (Å²) in [6, 6.07) is 0. The molecule has 2 N–H and O–H groups in total. The molecule has 0 saturated heterocycles. The molecule has 1 rings (SSSR count). The van der Waals surface area contributed by atoms with Crippen LogP contribution in [0.4, 0.5) is 0 Å². The van der Waals surface area contributed by atoms with Gasteiger partial charge < -0.3 is 5.84 Å². The van der Waals surface area contributed by atoms with Crippen molar-refractivity contribution in [1.82, 2.24) is 20.3 Å². The first kappa shape index (κ1) is 6.09. The Morgan fingerprint density at radius 1 is 1.78 bits per heavy atom. The van der Waals surface area contributed by atoms with Gasteiger partial charge in [-0.25, -0.2) is 0 Å². The lowest BCUT2D eigenvalue weighted by molar-refractivity contribution is 0.740. The minimum absolute atomic E-state index is 0.402. The molecular weight excluding hydrogens is 138 g/mol. The minimum Gasteiger partial charge on any atom is -0.320 e. The molecule has 0 aromatic carbocycles. The van der Waals surface area contributed by atoms with Crippen molar-refractivity contribution in [3.63, 3.8) is 0 Å². The maximum Gasteiger partial charge on any atom is 0.179 e. The summed E-state index contributed by atoms with van der Waals surface area (Å²) in [5, 5.41) is 12.7. The van der Waals surface area contributed by atoms with E-state index < -0.39 is 0 Å². The molecule has 9 heavy (non-hydrogen) atoms. The van der Waals surface area contributed by atoms with Gasteiger partial charge in [0.05, 0.1) is 0 Å². The fourth-order valence-corrected chi connectivity index (χ4v) is 0.522. The second kappa shape index (κ2) is 2.49. The Kier molecular flexibility index (Phi) is 1.69. The Morgan fingerprint density at radius 3 is 3.00 bits per heavy atom. The molecule has 6 heteroatoms. The number of thiocarbonyl (C=S) groups is 1. The smallest absolute Gasteiger partial charge is 0.179 e. The molecule has 0 fully saturated rings. The van der Waals surface area contributed by atoms with E-state index in [0.29, 0.717) is 12.2 Å². The number of rotatable bonds is 2. The topological polar surface area (TPSA) is 69.6 Å². The third-order valence-electron chi connectivity index (χ3n) is 0.791. The molecule has 0 unspecified atom stereocenters. The number of nitrogens with zero attached hydrogens (tertiary/aromatic N) is 4. The third kappa shape index (κ3) is 1.20. The third-order valence-corrected chi connectivity index (χ3v) is 0.936. The van der Waals surface area contributed by atoms with E-state index in [0.717, 1.165) is 4.79 Å². The van der Waals surface area contributed by atoms with Crippen LogP contribution in [0.3, 0.4) is 0 Å². The Balaban J connectivity index is 2.80. The van der Waals surface area contributed by atoms with Crippen molar-refractivity contribution in [3.05, 3.63) is 5.82 Å². The van der Waals surface area contributed by atoms with Crippen LogP contribution in [0.15, 0.2) is 0 Å². The normalized spacial score (nSPS) is 9.33. The van der Waals surface area contributed by atoms with Crippen molar-refractivity contribution in [2.75, 3.05) is 5.84 Å². The highest BCUT2D eigenvalue weighted by molar-refractivity contribution is 7.78. The van der Waals surface area contributed by atoms with E-state index in [1.54, 1.807) is 0 Å². The van der Waals surface area contributed by atoms with Crippen molar-refractivity contribution in [3.8, 4) is 0 Å². The summed E-state index contributed by atoms with van der Waals surface area (Å²) in [5.41, 5.74) is 0. The zero-order chi connectivity index (χ0) is 6.69. The SMILES string of the molecule is Nn1nnnc1C[C]=S. The Hall–Kier alpha value is -1.04. The van der Waals surface area contributed by atoms with Gasteiger partial charge in [-0.2, -0.15) is 0 Å². The first-order valence-electron chi connectivity index (χ1n) is 2.22. The predicted molar refractivity (Wildman–Crippen MR) is 34.3 cm³/mol. The van der Waals surface area contributed by atoms with Gasteiger partial charge in [0.2, 0.25) is 0 Å². The molecule has 1 aromatic rings. The van der Waals surface area contributed by atoms with Crippen molar-refractivity contribution in [2.45, 2.75) is 6.42 Å². The zero-order valence-corrected chi connectivity index (χ0v) is 5.30. The van der Waals surface area contributed by atoms with Gasteiger partial charge in [0.25, 0.3) is 0 Å². The highest BCUT2D eigenvalue weighted by Crippen LogP contribution is 1.83. The summed E-state index contributed by atoms with van der Waals surface area (Å²) in [4.78, 5) is 1.07. The standard InChI is InChI=1S/C3H4N5S/c4-8-3(1-2-9)5-6-7-8/h1,4H2. The van der Waals surface area contributed by atoms with Crippen LogP contribution in [-0.4, -0.2) is 25.7 Å². The van der Waals surface area contributed by atoms with Crippen LogP contribution in [0.25, 0.3) is 0 Å². The monoisotopic (exact) mass is 142 g/mol. The Bertz CT molecular complexity index is 206. The summed E-state index contributed by atoms with van der Waals surface area (Å²) >= 11 is 4.45. The van der Waals surface area contributed by atoms with Crippen LogP contribution in [-0.2, 0) is 6.42 Å². The molecule has 5 nitrogen and oxygen atoms in total. The number of nitrogen functional groups attached to an aromatic ring is 1. The molecule has 0 aliphatic heterocycles. The molecule has 0 saturated carbocycles. The maximum atomic E-state index is 5.22. The lowest BCUT2D eigenvalue weighted by atomic mass is 10.5. The first-order valence-corrected chi connectivity index (χ1v) is 2.62. The van der Waals surface area contributed by atoms with Gasteiger partial charge >= 0.3 is 0 Å². The summed E-state index contributed by atoms with van der Waals surface area (Å²) in [6.07, 6.45) is 0.402. The van der Waals surface area contributed by atoms with Crippen molar-refractivity contribution < 1.29 is 0 Å². The van der Waals surface area contributed by atoms with E-state index in [1.807, 2.05) is 0 Å². The molecule has 1 heterocycles. The van der Waals surface area contributed by atoms with Crippen LogP contribution in [0.5, 0.6) is 0 Å². The van der Waals surface area contributed by atoms with Gasteiger partial charge in [-0.15, -0.1) is 9.89 Å².